The van der Waals surface area contributed by atoms with Crippen LogP contribution >= 0.6 is 23.4 Å². The zero-order valence-corrected chi connectivity index (χ0v) is 13.5. The molecular formula is C14H15ClN4O2S. The summed E-state index contributed by atoms with van der Waals surface area (Å²) in [5, 5.41) is 12.6. The summed E-state index contributed by atoms with van der Waals surface area (Å²) in [6.45, 7) is 3.33. The van der Waals surface area contributed by atoms with Crippen LogP contribution in [0.5, 0.6) is 0 Å². The molecule has 0 spiro atoms. The van der Waals surface area contributed by atoms with Crippen molar-refractivity contribution >= 4 is 29.5 Å². The van der Waals surface area contributed by atoms with Gasteiger partial charge in [-0.2, -0.15) is 0 Å². The molecule has 1 aromatic carbocycles. The minimum Gasteiger partial charge on any atom is -0.443 e. The summed E-state index contributed by atoms with van der Waals surface area (Å²) in [6, 6.07) is 7.55. The van der Waals surface area contributed by atoms with Crippen molar-refractivity contribution in [3.05, 3.63) is 29.3 Å². The maximum Gasteiger partial charge on any atom is 0.407 e. The third kappa shape index (κ3) is 3.20. The van der Waals surface area contributed by atoms with Crippen molar-refractivity contribution in [2.75, 3.05) is 12.3 Å². The number of hydrogen-bond donors (Lipinski definition) is 1. The number of carbonyl (C=O) groups excluding carboxylic acids is 1. The second-order valence-electron chi connectivity index (χ2n) is 4.78. The van der Waals surface area contributed by atoms with Crippen LogP contribution in [0.15, 0.2) is 29.4 Å². The number of aromatic nitrogens is 3. The average molecular weight is 339 g/mol. The van der Waals surface area contributed by atoms with Gasteiger partial charge in [0.25, 0.3) is 0 Å². The van der Waals surface area contributed by atoms with Crippen molar-refractivity contribution in [3.8, 4) is 11.4 Å². The SMILES string of the molecule is CCn1c(SCC2CNC(=O)O2)nnc1-c1cccc(Cl)c1. The molecule has 2 aromatic rings. The van der Waals surface area contributed by atoms with Crippen LogP contribution in [0.25, 0.3) is 11.4 Å². The lowest BCUT2D eigenvalue weighted by Gasteiger charge is -2.09. The van der Waals surface area contributed by atoms with Crippen LogP contribution < -0.4 is 5.32 Å². The number of cyclic esters (lactones) is 1. The van der Waals surface area contributed by atoms with Gasteiger partial charge in [-0.25, -0.2) is 4.79 Å². The fraction of sp³-hybridized carbons (Fsp3) is 0.357. The smallest absolute Gasteiger partial charge is 0.407 e. The molecule has 1 amide bonds. The Morgan fingerprint density at radius 3 is 3.05 bits per heavy atom. The number of ether oxygens (including phenoxy) is 1. The molecule has 1 N–H and O–H groups in total. The van der Waals surface area contributed by atoms with Crippen LogP contribution in [0.3, 0.4) is 0 Å². The van der Waals surface area contributed by atoms with E-state index in [1.54, 1.807) is 0 Å². The van der Waals surface area contributed by atoms with Crippen molar-refractivity contribution in [3.63, 3.8) is 0 Å². The molecule has 1 aliphatic rings. The molecule has 1 atom stereocenters. The Bertz CT molecular complexity index is 691. The summed E-state index contributed by atoms with van der Waals surface area (Å²) in [6.07, 6.45) is -0.490. The first-order chi connectivity index (χ1) is 10.7. The van der Waals surface area contributed by atoms with E-state index in [-0.39, 0.29) is 12.2 Å². The lowest BCUT2D eigenvalue weighted by molar-refractivity contribution is 0.150. The molecule has 6 nitrogen and oxygen atoms in total. The summed E-state index contributed by atoms with van der Waals surface area (Å²) in [5.41, 5.74) is 0.933. The van der Waals surface area contributed by atoms with E-state index in [2.05, 4.69) is 15.5 Å². The molecule has 116 valence electrons. The minimum atomic E-state index is -0.359. The van der Waals surface area contributed by atoms with Crippen LogP contribution in [0.2, 0.25) is 5.02 Å². The number of rotatable bonds is 5. The Kier molecular flexibility index (Phi) is 4.54. The summed E-state index contributed by atoms with van der Waals surface area (Å²) < 4.78 is 7.15. The second kappa shape index (κ2) is 6.58. The van der Waals surface area contributed by atoms with Gasteiger partial charge in [0.2, 0.25) is 0 Å². The van der Waals surface area contributed by atoms with Crippen molar-refractivity contribution < 1.29 is 9.53 Å². The van der Waals surface area contributed by atoms with E-state index in [1.807, 2.05) is 35.8 Å². The summed E-state index contributed by atoms with van der Waals surface area (Å²) in [5.74, 6) is 1.43. The van der Waals surface area contributed by atoms with Crippen LogP contribution in [0, 0.1) is 0 Å². The summed E-state index contributed by atoms with van der Waals surface area (Å²) >= 11 is 7.57. The second-order valence-corrected chi connectivity index (χ2v) is 6.20. The molecule has 1 fully saturated rings. The van der Waals surface area contributed by atoms with E-state index < -0.39 is 0 Å². The first kappa shape index (κ1) is 15.2. The summed E-state index contributed by atoms with van der Waals surface area (Å²) in [7, 11) is 0. The van der Waals surface area contributed by atoms with Crippen molar-refractivity contribution in [2.24, 2.45) is 0 Å². The Labute approximate surface area is 137 Å². The number of nitrogens with one attached hydrogen (secondary N) is 1. The van der Waals surface area contributed by atoms with Gasteiger partial charge in [0.1, 0.15) is 6.10 Å². The van der Waals surface area contributed by atoms with Gasteiger partial charge in [0.05, 0.1) is 6.54 Å². The van der Waals surface area contributed by atoms with Gasteiger partial charge < -0.3 is 14.6 Å². The molecule has 22 heavy (non-hydrogen) atoms. The molecule has 1 unspecified atom stereocenters. The molecule has 3 rings (SSSR count). The number of halogens is 1. The maximum atomic E-state index is 11.0. The molecule has 2 heterocycles. The van der Waals surface area contributed by atoms with Crippen molar-refractivity contribution in [1.82, 2.24) is 20.1 Å². The van der Waals surface area contributed by atoms with Gasteiger partial charge in [-0.3, -0.25) is 0 Å². The average Bonchev–Trinajstić information content (AvgIpc) is 3.10. The highest BCUT2D eigenvalue weighted by molar-refractivity contribution is 7.99. The van der Waals surface area contributed by atoms with Crippen molar-refractivity contribution in [1.29, 1.82) is 0 Å². The minimum absolute atomic E-state index is 0.130. The number of amides is 1. The van der Waals surface area contributed by atoms with Crippen molar-refractivity contribution in [2.45, 2.75) is 24.7 Å². The van der Waals surface area contributed by atoms with E-state index in [1.165, 1.54) is 11.8 Å². The Hall–Kier alpha value is -1.73. The lowest BCUT2D eigenvalue weighted by atomic mass is 10.2. The van der Waals surface area contributed by atoms with Crippen LogP contribution in [0.1, 0.15) is 6.92 Å². The maximum absolute atomic E-state index is 11.0. The predicted molar refractivity (Wildman–Crippen MR) is 85.1 cm³/mol. The van der Waals surface area contributed by atoms with Gasteiger partial charge in [-0.05, 0) is 19.1 Å². The van der Waals surface area contributed by atoms with Crippen LogP contribution in [-0.4, -0.2) is 39.3 Å². The predicted octanol–water partition coefficient (Wildman–Crippen LogP) is 2.82. The van der Waals surface area contributed by atoms with E-state index in [4.69, 9.17) is 16.3 Å². The Balaban J connectivity index is 1.77. The monoisotopic (exact) mass is 338 g/mol. The van der Waals surface area contributed by atoms with Gasteiger partial charge in [0, 0.05) is 22.9 Å². The van der Waals surface area contributed by atoms with Gasteiger partial charge >= 0.3 is 6.09 Å². The molecule has 1 aliphatic heterocycles. The first-order valence-corrected chi connectivity index (χ1v) is 8.30. The van der Waals surface area contributed by atoms with Crippen LogP contribution in [0.4, 0.5) is 4.79 Å². The number of alkyl carbamates (subject to hydrolysis) is 1. The zero-order chi connectivity index (χ0) is 15.5. The Morgan fingerprint density at radius 1 is 1.50 bits per heavy atom. The molecule has 1 aromatic heterocycles. The number of thioether (sulfide) groups is 1. The van der Waals surface area contributed by atoms with Crippen LogP contribution in [-0.2, 0) is 11.3 Å². The third-order valence-electron chi connectivity index (χ3n) is 3.26. The number of benzene rings is 1. The van der Waals surface area contributed by atoms with Gasteiger partial charge in [0.15, 0.2) is 11.0 Å². The topological polar surface area (TPSA) is 69.0 Å². The highest BCUT2D eigenvalue weighted by Crippen LogP contribution is 2.26. The molecule has 8 heteroatoms. The highest BCUT2D eigenvalue weighted by Gasteiger charge is 2.23. The molecule has 0 bridgehead atoms. The number of nitrogens with zero attached hydrogens (tertiary/aromatic N) is 3. The fourth-order valence-corrected chi connectivity index (χ4v) is 3.40. The standard InChI is InChI=1S/C14H15ClN4O2S/c1-2-19-12(9-4-3-5-10(15)6-9)17-18-13(19)22-8-11-7-16-14(20)21-11/h3-6,11H,2,7-8H2,1H3,(H,16,20). The number of hydrogen-bond acceptors (Lipinski definition) is 5. The lowest BCUT2D eigenvalue weighted by Crippen LogP contribution is -2.17. The molecule has 0 radical (unpaired) electrons. The molecule has 0 aliphatic carbocycles. The highest BCUT2D eigenvalue weighted by atomic mass is 35.5. The normalized spacial score (nSPS) is 17.4. The van der Waals surface area contributed by atoms with E-state index >= 15 is 0 Å². The van der Waals surface area contributed by atoms with E-state index in [9.17, 15) is 4.79 Å². The molecule has 0 saturated carbocycles. The van der Waals surface area contributed by atoms with E-state index in [0.717, 1.165) is 23.1 Å². The molecular weight excluding hydrogens is 324 g/mol. The Morgan fingerprint density at radius 2 is 2.36 bits per heavy atom. The largest absolute Gasteiger partial charge is 0.443 e. The summed E-state index contributed by atoms with van der Waals surface area (Å²) in [4.78, 5) is 11.0. The zero-order valence-electron chi connectivity index (χ0n) is 12.0. The fourth-order valence-electron chi connectivity index (χ4n) is 2.21. The molecule has 1 saturated heterocycles. The third-order valence-corrected chi connectivity index (χ3v) is 4.60. The van der Waals surface area contributed by atoms with Gasteiger partial charge in [-0.15, -0.1) is 10.2 Å². The van der Waals surface area contributed by atoms with Gasteiger partial charge in [-0.1, -0.05) is 35.5 Å². The number of carbonyl (C=O) groups is 1. The van der Waals surface area contributed by atoms with E-state index in [0.29, 0.717) is 17.3 Å². The first-order valence-electron chi connectivity index (χ1n) is 6.93. The quantitative estimate of drug-likeness (QED) is 0.849.